The molecule has 2 aromatic rings. The first-order valence-corrected chi connectivity index (χ1v) is 6.57. The first-order chi connectivity index (χ1) is 10.2. The second kappa shape index (κ2) is 6.91. The van der Waals surface area contributed by atoms with Gasteiger partial charge in [0.2, 0.25) is 5.91 Å². The largest absolute Gasteiger partial charge is 0.383 e. The van der Waals surface area contributed by atoms with Crippen molar-refractivity contribution in [3.63, 3.8) is 0 Å². The van der Waals surface area contributed by atoms with Crippen LogP contribution in [0.5, 0.6) is 0 Å². The zero-order valence-electron chi connectivity index (χ0n) is 12.0. The third kappa shape index (κ3) is 3.61. The number of aromatic nitrogens is 4. The molecule has 0 spiro atoms. The number of nitrogens with one attached hydrogen (secondary N) is 1. The average molecular weight is 290 g/mol. The Morgan fingerprint density at radius 2 is 2.33 bits per heavy atom. The van der Waals surface area contributed by atoms with Gasteiger partial charge in [0.1, 0.15) is 6.04 Å². The number of nitrogens with two attached hydrogens (primary N) is 1. The molecule has 0 saturated heterocycles. The molecule has 8 nitrogen and oxygen atoms in total. The van der Waals surface area contributed by atoms with Crippen molar-refractivity contribution in [1.82, 2.24) is 20.2 Å². The zero-order chi connectivity index (χ0) is 15.2. The Kier molecular flexibility index (Phi) is 4.96. The van der Waals surface area contributed by atoms with Gasteiger partial charge in [-0.2, -0.15) is 0 Å². The van der Waals surface area contributed by atoms with Crippen LogP contribution in [0.25, 0.3) is 11.4 Å². The molecule has 1 atom stereocenters. The van der Waals surface area contributed by atoms with Crippen molar-refractivity contribution in [1.29, 1.82) is 0 Å². The van der Waals surface area contributed by atoms with E-state index in [1.807, 2.05) is 19.1 Å². The molecular weight excluding hydrogens is 272 g/mol. The van der Waals surface area contributed by atoms with E-state index in [2.05, 4.69) is 20.8 Å². The van der Waals surface area contributed by atoms with E-state index in [4.69, 9.17) is 10.5 Å². The van der Waals surface area contributed by atoms with Gasteiger partial charge in [0.05, 0.1) is 6.61 Å². The molecule has 0 radical (unpaired) electrons. The minimum absolute atomic E-state index is 0.166. The molecule has 1 unspecified atom stereocenters. The molecule has 1 heterocycles. The Labute approximate surface area is 122 Å². The summed E-state index contributed by atoms with van der Waals surface area (Å²) in [7, 11) is 1.50. The quantitative estimate of drug-likeness (QED) is 0.790. The number of benzene rings is 1. The maximum atomic E-state index is 11.9. The molecule has 0 fully saturated rings. The van der Waals surface area contributed by atoms with E-state index in [1.54, 1.807) is 16.8 Å². The van der Waals surface area contributed by atoms with Gasteiger partial charge in [0.15, 0.2) is 5.82 Å². The summed E-state index contributed by atoms with van der Waals surface area (Å²) in [5.74, 6) is 0.346. The van der Waals surface area contributed by atoms with Crippen LogP contribution < -0.4 is 11.1 Å². The van der Waals surface area contributed by atoms with E-state index >= 15 is 0 Å². The van der Waals surface area contributed by atoms with Gasteiger partial charge < -0.3 is 15.8 Å². The molecule has 8 heteroatoms. The summed E-state index contributed by atoms with van der Waals surface area (Å²) >= 11 is 0. The van der Waals surface area contributed by atoms with Gasteiger partial charge >= 0.3 is 0 Å². The zero-order valence-corrected chi connectivity index (χ0v) is 12.0. The van der Waals surface area contributed by atoms with Gasteiger partial charge in [-0.3, -0.25) is 4.79 Å². The van der Waals surface area contributed by atoms with E-state index < -0.39 is 6.04 Å². The summed E-state index contributed by atoms with van der Waals surface area (Å²) in [6.07, 6.45) is 0. The Morgan fingerprint density at radius 3 is 3.05 bits per heavy atom. The number of carbonyl (C=O) groups excluding carboxylic acids is 1. The van der Waals surface area contributed by atoms with Crippen molar-refractivity contribution in [2.45, 2.75) is 19.5 Å². The topological polar surface area (TPSA) is 108 Å². The molecular formula is C13H18N6O2. The maximum absolute atomic E-state index is 11.9. The van der Waals surface area contributed by atoms with Gasteiger partial charge in [-0.15, -0.1) is 5.10 Å². The number of aryl methyl sites for hydroxylation is 1. The Bertz CT molecular complexity index is 612. The van der Waals surface area contributed by atoms with Crippen LogP contribution in [0.1, 0.15) is 6.92 Å². The number of carbonyl (C=O) groups is 1. The van der Waals surface area contributed by atoms with Crippen LogP contribution in [0.4, 0.5) is 5.69 Å². The number of rotatable bonds is 6. The predicted molar refractivity (Wildman–Crippen MR) is 77.4 cm³/mol. The molecule has 0 saturated carbocycles. The van der Waals surface area contributed by atoms with Crippen LogP contribution in [-0.2, 0) is 16.1 Å². The smallest absolute Gasteiger partial charge is 0.243 e. The van der Waals surface area contributed by atoms with Crippen molar-refractivity contribution in [3.05, 3.63) is 24.3 Å². The minimum atomic E-state index is -0.709. The van der Waals surface area contributed by atoms with Crippen molar-refractivity contribution >= 4 is 11.6 Å². The fourth-order valence-electron chi connectivity index (χ4n) is 1.85. The number of ether oxygens (including phenoxy) is 1. The third-order valence-electron chi connectivity index (χ3n) is 2.90. The number of amides is 1. The predicted octanol–water partition coefficient (Wildman–Crippen LogP) is 0.272. The lowest BCUT2D eigenvalue weighted by Crippen LogP contribution is -2.39. The highest BCUT2D eigenvalue weighted by atomic mass is 16.5. The minimum Gasteiger partial charge on any atom is -0.383 e. The Morgan fingerprint density at radius 1 is 1.52 bits per heavy atom. The van der Waals surface area contributed by atoms with E-state index in [0.717, 1.165) is 5.56 Å². The highest BCUT2D eigenvalue weighted by Gasteiger charge is 2.14. The number of tetrazole rings is 1. The van der Waals surface area contributed by atoms with Crippen LogP contribution in [-0.4, -0.2) is 45.9 Å². The van der Waals surface area contributed by atoms with Crippen LogP contribution in [0, 0.1) is 0 Å². The van der Waals surface area contributed by atoms with Gasteiger partial charge in [-0.1, -0.05) is 12.1 Å². The number of methoxy groups -OCH3 is 1. The van der Waals surface area contributed by atoms with Gasteiger partial charge in [-0.05, 0) is 29.5 Å². The lowest BCUT2D eigenvalue weighted by atomic mass is 10.2. The third-order valence-corrected chi connectivity index (χ3v) is 2.90. The van der Waals surface area contributed by atoms with Crippen molar-refractivity contribution in [2.75, 3.05) is 19.0 Å². The van der Waals surface area contributed by atoms with Crippen LogP contribution in [0.3, 0.4) is 0 Å². The normalized spacial score (nSPS) is 12.1. The molecule has 1 aromatic heterocycles. The number of nitrogens with zero attached hydrogens (tertiary/aromatic N) is 4. The summed E-state index contributed by atoms with van der Waals surface area (Å²) in [6.45, 7) is 2.78. The summed E-state index contributed by atoms with van der Waals surface area (Å²) < 4.78 is 6.54. The SMILES string of the molecule is CCn1nnnc1-c1cccc(NC(=O)C(N)COC)c1. The maximum Gasteiger partial charge on any atom is 0.243 e. The highest BCUT2D eigenvalue weighted by Crippen LogP contribution is 2.20. The molecule has 1 aromatic carbocycles. The molecule has 0 aliphatic heterocycles. The van der Waals surface area contributed by atoms with Crippen LogP contribution in [0.15, 0.2) is 24.3 Å². The summed E-state index contributed by atoms with van der Waals surface area (Å²) in [6, 6.07) is 6.57. The standard InChI is InChI=1S/C13H18N6O2/c1-3-19-12(16-17-18-19)9-5-4-6-10(7-9)15-13(20)11(14)8-21-2/h4-7,11H,3,8,14H2,1-2H3,(H,15,20). The summed E-state index contributed by atoms with van der Waals surface area (Å²) in [5.41, 5.74) is 7.13. The molecule has 3 N–H and O–H groups in total. The van der Waals surface area contributed by atoms with Crippen molar-refractivity contribution in [2.24, 2.45) is 5.73 Å². The van der Waals surface area contributed by atoms with Crippen LogP contribution in [0.2, 0.25) is 0 Å². The highest BCUT2D eigenvalue weighted by molar-refractivity contribution is 5.95. The number of hydrogen-bond acceptors (Lipinski definition) is 6. The van der Waals surface area contributed by atoms with Gasteiger partial charge in [0, 0.05) is 24.9 Å². The number of hydrogen-bond donors (Lipinski definition) is 2. The first kappa shape index (κ1) is 15.1. The number of anilines is 1. The van der Waals surface area contributed by atoms with Crippen molar-refractivity contribution < 1.29 is 9.53 Å². The fourth-order valence-corrected chi connectivity index (χ4v) is 1.85. The molecule has 21 heavy (non-hydrogen) atoms. The Hall–Kier alpha value is -2.32. The van der Waals surface area contributed by atoms with Gasteiger partial charge in [-0.25, -0.2) is 4.68 Å². The lowest BCUT2D eigenvalue weighted by molar-refractivity contribution is -0.118. The van der Waals surface area contributed by atoms with E-state index in [0.29, 0.717) is 18.1 Å². The monoisotopic (exact) mass is 290 g/mol. The first-order valence-electron chi connectivity index (χ1n) is 6.57. The van der Waals surface area contributed by atoms with Gasteiger partial charge in [0.25, 0.3) is 0 Å². The fraction of sp³-hybridized carbons (Fsp3) is 0.385. The molecule has 0 aliphatic carbocycles. The molecule has 0 bridgehead atoms. The van der Waals surface area contributed by atoms with E-state index in [-0.39, 0.29) is 12.5 Å². The van der Waals surface area contributed by atoms with Crippen LogP contribution >= 0.6 is 0 Å². The van der Waals surface area contributed by atoms with E-state index in [9.17, 15) is 4.79 Å². The summed E-state index contributed by atoms with van der Waals surface area (Å²) in [4.78, 5) is 11.9. The molecule has 2 rings (SSSR count). The summed E-state index contributed by atoms with van der Waals surface area (Å²) in [5, 5.41) is 14.3. The van der Waals surface area contributed by atoms with E-state index in [1.165, 1.54) is 7.11 Å². The average Bonchev–Trinajstić information content (AvgIpc) is 2.96. The lowest BCUT2D eigenvalue weighted by Gasteiger charge is -2.12. The van der Waals surface area contributed by atoms with Crippen molar-refractivity contribution in [3.8, 4) is 11.4 Å². The second-order valence-corrected chi connectivity index (χ2v) is 4.45. The Balaban J connectivity index is 2.17. The molecule has 0 aliphatic rings. The second-order valence-electron chi connectivity index (χ2n) is 4.45. The molecule has 112 valence electrons. The molecule has 1 amide bonds.